The standard InChI is InChI=1S/C22H25NO3/c1-15-4-6-16(7-5-15)22(17-8-9-17)23-21(24)13-10-18-14-19(25-2)11-12-20(18)26-3/h4-7,10-14,17,22H,8-9H2,1-3H3,(H,23,24)/b13-10+. The Morgan fingerprint density at radius 3 is 2.46 bits per heavy atom. The number of hydrogen-bond donors (Lipinski definition) is 1. The van der Waals surface area contributed by atoms with Crippen LogP contribution in [0.1, 0.15) is 35.6 Å². The van der Waals surface area contributed by atoms with Crippen LogP contribution >= 0.6 is 0 Å². The number of methoxy groups -OCH3 is 2. The van der Waals surface area contributed by atoms with Gasteiger partial charge in [-0.2, -0.15) is 0 Å². The van der Waals surface area contributed by atoms with Crippen LogP contribution < -0.4 is 14.8 Å². The summed E-state index contributed by atoms with van der Waals surface area (Å²) in [5.74, 6) is 1.85. The van der Waals surface area contributed by atoms with E-state index in [0.717, 1.165) is 24.2 Å². The van der Waals surface area contributed by atoms with Gasteiger partial charge in [0.15, 0.2) is 0 Å². The second-order valence-corrected chi connectivity index (χ2v) is 6.68. The lowest BCUT2D eigenvalue weighted by Gasteiger charge is -2.18. The molecule has 0 radical (unpaired) electrons. The van der Waals surface area contributed by atoms with Crippen molar-refractivity contribution >= 4 is 12.0 Å². The molecule has 1 aliphatic carbocycles. The van der Waals surface area contributed by atoms with Crippen LogP contribution in [0, 0.1) is 12.8 Å². The number of amides is 1. The van der Waals surface area contributed by atoms with Crippen molar-refractivity contribution in [3.05, 3.63) is 65.2 Å². The smallest absolute Gasteiger partial charge is 0.244 e. The van der Waals surface area contributed by atoms with E-state index in [1.165, 1.54) is 11.1 Å². The molecule has 1 N–H and O–H groups in total. The van der Waals surface area contributed by atoms with Crippen LogP contribution in [-0.2, 0) is 4.79 Å². The van der Waals surface area contributed by atoms with E-state index in [0.29, 0.717) is 11.7 Å². The molecule has 2 aromatic rings. The van der Waals surface area contributed by atoms with E-state index in [4.69, 9.17) is 9.47 Å². The molecule has 3 rings (SSSR count). The van der Waals surface area contributed by atoms with Gasteiger partial charge >= 0.3 is 0 Å². The van der Waals surface area contributed by atoms with Crippen molar-refractivity contribution in [2.45, 2.75) is 25.8 Å². The fourth-order valence-electron chi connectivity index (χ4n) is 3.01. The first-order valence-electron chi connectivity index (χ1n) is 8.88. The van der Waals surface area contributed by atoms with Gasteiger partial charge in [-0.05, 0) is 55.5 Å². The van der Waals surface area contributed by atoms with Crippen LogP contribution in [0.25, 0.3) is 6.08 Å². The molecule has 0 aliphatic heterocycles. The second-order valence-electron chi connectivity index (χ2n) is 6.68. The third-order valence-electron chi connectivity index (χ3n) is 4.68. The molecule has 1 amide bonds. The zero-order valence-electron chi connectivity index (χ0n) is 15.5. The molecule has 136 valence electrons. The van der Waals surface area contributed by atoms with Crippen molar-refractivity contribution < 1.29 is 14.3 Å². The normalized spacial score (nSPS) is 14.9. The summed E-state index contributed by atoms with van der Waals surface area (Å²) in [5.41, 5.74) is 3.19. The molecule has 1 unspecified atom stereocenters. The van der Waals surface area contributed by atoms with Gasteiger partial charge in [0.25, 0.3) is 0 Å². The average Bonchev–Trinajstić information content (AvgIpc) is 3.50. The maximum atomic E-state index is 12.5. The minimum Gasteiger partial charge on any atom is -0.497 e. The van der Waals surface area contributed by atoms with E-state index in [2.05, 4.69) is 36.5 Å². The number of benzene rings is 2. The molecule has 26 heavy (non-hydrogen) atoms. The van der Waals surface area contributed by atoms with Gasteiger partial charge < -0.3 is 14.8 Å². The van der Waals surface area contributed by atoms with Crippen LogP contribution in [0.4, 0.5) is 0 Å². The highest BCUT2D eigenvalue weighted by Crippen LogP contribution is 2.41. The van der Waals surface area contributed by atoms with Gasteiger partial charge in [0.1, 0.15) is 11.5 Å². The molecule has 4 heteroatoms. The summed E-state index contributed by atoms with van der Waals surface area (Å²) in [7, 11) is 3.23. The van der Waals surface area contributed by atoms with Gasteiger partial charge in [-0.15, -0.1) is 0 Å². The molecule has 1 saturated carbocycles. The number of rotatable bonds is 7. The Morgan fingerprint density at radius 2 is 1.85 bits per heavy atom. The fourth-order valence-corrected chi connectivity index (χ4v) is 3.01. The Morgan fingerprint density at radius 1 is 1.12 bits per heavy atom. The van der Waals surface area contributed by atoms with Crippen LogP contribution in [-0.4, -0.2) is 20.1 Å². The van der Waals surface area contributed by atoms with Gasteiger partial charge in [-0.25, -0.2) is 0 Å². The summed E-state index contributed by atoms with van der Waals surface area (Å²) < 4.78 is 10.6. The molecular formula is C22H25NO3. The van der Waals surface area contributed by atoms with Gasteiger partial charge in [0.2, 0.25) is 5.91 Å². The van der Waals surface area contributed by atoms with Crippen LogP contribution in [0.15, 0.2) is 48.5 Å². The summed E-state index contributed by atoms with van der Waals surface area (Å²) in [6, 6.07) is 14.0. The predicted molar refractivity (Wildman–Crippen MR) is 103 cm³/mol. The highest BCUT2D eigenvalue weighted by Gasteiger charge is 2.33. The first-order valence-corrected chi connectivity index (χ1v) is 8.88. The van der Waals surface area contributed by atoms with Crippen molar-refractivity contribution in [3.63, 3.8) is 0 Å². The Bertz CT molecular complexity index is 792. The van der Waals surface area contributed by atoms with Crippen molar-refractivity contribution in [2.24, 2.45) is 5.92 Å². The number of ether oxygens (including phenoxy) is 2. The highest BCUT2D eigenvalue weighted by atomic mass is 16.5. The maximum Gasteiger partial charge on any atom is 0.244 e. The lowest BCUT2D eigenvalue weighted by Crippen LogP contribution is -2.28. The minimum atomic E-state index is -0.104. The van der Waals surface area contributed by atoms with E-state index in [9.17, 15) is 4.79 Å². The minimum absolute atomic E-state index is 0.0694. The largest absolute Gasteiger partial charge is 0.497 e. The SMILES string of the molecule is COc1ccc(OC)c(/C=C/C(=O)NC(c2ccc(C)cc2)C2CC2)c1. The Kier molecular flexibility index (Phi) is 5.61. The average molecular weight is 351 g/mol. The lowest BCUT2D eigenvalue weighted by atomic mass is 10.0. The summed E-state index contributed by atoms with van der Waals surface area (Å²) in [5, 5.41) is 3.15. The number of carbonyl (C=O) groups excluding carboxylic acids is 1. The zero-order valence-corrected chi connectivity index (χ0v) is 15.5. The molecule has 0 bridgehead atoms. The topological polar surface area (TPSA) is 47.6 Å². The van der Waals surface area contributed by atoms with Crippen LogP contribution in [0.2, 0.25) is 0 Å². The number of hydrogen-bond acceptors (Lipinski definition) is 3. The summed E-state index contributed by atoms with van der Waals surface area (Å²) in [4.78, 5) is 12.5. The van der Waals surface area contributed by atoms with Crippen molar-refractivity contribution in [1.82, 2.24) is 5.32 Å². The summed E-state index contributed by atoms with van der Waals surface area (Å²) in [6.07, 6.45) is 5.63. The van der Waals surface area contributed by atoms with Gasteiger partial charge in [-0.3, -0.25) is 4.79 Å². The molecule has 4 nitrogen and oxygen atoms in total. The molecule has 0 aromatic heterocycles. The highest BCUT2D eigenvalue weighted by molar-refractivity contribution is 5.92. The molecule has 0 heterocycles. The van der Waals surface area contributed by atoms with Crippen molar-refractivity contribution in [1.29, 1.82) is 0 Å². The number of aryl methyl sites for hydroxylation is 1. The monoisotopic (exact) mass is 351 g/mol. The van der Waals surface area contributed by atoms with E-state index >= 15 is 0 Å². The number of carbonyl (C=O) groups is 1. The van der Waals surface area contributed by atoms with Crippen molar-refractivity contribution in [3.8, 4) is 11.5 Å². The van der Waals surface area contributed by atoms with E-state index in [1.54, 1.807) is 26.4 Å². The molecule has 2 aromatic carbocycles. The molecule has 0 saturated heterocycles. The third kappa shape index (κ3) is 4.45. The summed E-state index contributed by atoms with van der Waals surface area (Å²) in [6.45, 7) is 2.07. The van der Waals surface area contributed by atoms with Crippen LogP contribution in [0.3, 0.4) is 0 Å². The quantitative estimate of drug-likeness (QED) is 0.757. The second kappa shape index (κ2) is 8.09. The number of nitrogens with one attached hydrogen (secondary N) is 1. The molecular weight excluding hydrogens is 326 g/mol. The molecule has 0 spiro atoms. The van der Waals surface area contributed by atoms with Gasteiger partial charge in [0.05, 0.1) is 20.3 Å². The van der Waals surface area contributed by atoms with E-state index in [-0.39, 0.29) is 11.9 Å². The third-order valence-corrected chi connectivity index (χ3v) is 4.68. The Hall–Kier alpha value is -2.75. The molecule has 1 fully saturated rings. The van der Waals surface area contributed by atoms with Gasteiger partial charge in [0, 0.05) is 11.6 Å². The zero-order chi connectivity index (χ0) is 18.5. The fraction of sp³-hybridized carbons (Fsp3) is 0.318. The van der Waals surface area contributed by atoms with Crippen molar-refractivity contribution in [2.75, 3.05) is 14.2 Å². The summed E-state index contributed by atoms with van der Waals surface area (Å²) >= 11 is 0. The van der Waals surface area contributed by atoms with Crippen LogP contribution in [0.5, 0.6) is 11.5 Å². The predicted octanol–water partition coefficient (Wildman–Crippen LogP) is 4.29. The molecule has 1 aliphatic rings. The van der Waals surface area contributed by atoms with Gasteiger partial charge in [-0.1, -0.05) is 29.8 Å². The maximum absolute atomic E-state index is 12.5. The van der Waals surface area contributed by atoms with E-state index in [1.807, 2.05) is 18.2 Å². The first kappa shape index (κ1) is 18.1. The van der Waals surface area contributed by atoms with E-state index < -0.39 is 0 Å². The molecule has 1 atom stereocenters. The Labute approximate surface area is 154 Å². The lowest BCUT2D eigenvalue weighted by molar-refractivity contribution is -0.117. The first-order chi connectivity index (χ1) is 12.6. The Balaban J connectivity index is 1.73.